The molecule has 1 heterocycles. The van der Waals surface area contributed by atoms with Gasteiger partial charge in [-0.15, -0.1) is 0 Å². The van der Waals surface area contributed by atoms with E-state index < -0.39 is 0 Å². The lowest BCUT2D eigenvalue weighted by Gasteiger charge is -2.24. The average molecular weight is 1030 g/mol. The van der Waals surface area contributed by atoms with Crippen LogP contribution in [0, 0.1) is 6.92 Å². The highest BCUT2D eigenvalue weighted by Crippen LogP contribution is 2.43. The molecule has 0 radical (unpaired) electrons. The molecule has 9 aromatic carbocycles. The normalized spacial score (nSPS) is 16.1. The van der Waals surface area contributed by atoms with E-state index in [1.165, 1.54) is 76.8 Å². The summed E-state index contributed by atoms with van der Waals surface area (Å²) in [5, 5.41) is 8.65. The molecule has 0 aliphatic heterocycles. The Balaban J connectivity index is 1.02. The Hall–Kier alpha value is -9.37. The zero-order chi connectivity index (χ0) is 54.4. The highest BCUT2D eigenvalue weighted by atomic mass is 16.3. The van der Waals surface area contributed by atoms with E-state index in [1.807, 2.05) is 24.3 Å². The molecule has 1 atom stereocenters. The minimum absolute atomic E-state index is 0.243. The van der Waals surface area contributed by atoms with Crippen LogP contribution in [0.25, 0.3) is 76.8 Å². The number of nitrogens with zero attached hydrogens (tertiary/aromatic N) is 1. The minimum atomic E-state index is 0.243. The molecule has 2 aliphatic carbocycles. The summed E-state index contributed by atoms with van der Waals surface area (Å²) in [5.41, 5.74) is 18.8. The molecule has 0 spiro atoms. The number of aliphatic imine (C=N–C) groups is 1. The van der Waals surface area contributed by atoms with E-state index in [0.717, 1.165) is 94.4 Å². The van der Waals surface area contributed by atoms with Gasteiger partial charge in [-0.25, -0.2) is 4.99 Å². The van der Waals surface area contributed by atoms with Crippen molar-refractivity contribution in [2.24, 2.45) is 4.99 Å². The van der Waals surface area contributed by atoms with Crippen LogP contribution in [0.5, 0.6) is 0 Å². The molecule has 12 rings (SSSR count). The Morgan fingerprint density at radius 2 is 1.30 bits per heavy atom. The second kappa shape index (κ2) is 23.3. The highest BCUT2D eigenvalue weighted by Gasteiger charge is 2.24. The zero-order valence-corrected chi connectivity index (χ0v) is 45.8. The lowest BCUT2D eigenvalue weighted by molar-refractivity contribution is 0.602. The Morgan fingerprint density at radius 1 is 0.625 bits per heavy atom. The summed E-state index contributed by atoms with van der Waals surface area (Å²) in [7, 11) is 0. The van der Waals surface area contributed by atoms with Crippen LogP contribution in [0.3, 0.4) is 0 Å². The predicted molar refractivity (Wildman–Crippen MR) is 344 cm³/mol. The Morgan fingerprint density at radius 3 is 2.04 bits per heavy atom. The molecule has 1 aromatic heterocycles. The number of hydrogen-bond acceptors (Lipinski definition) is 2. The van der Waals surface area contributed by atoms with Gasteiger partial charge in [0.15, 0.2) is 5.76 Å². The first-order valence-corrected chi connectivity index (χ1v) is 28.3. The molecule has 0 saturated heterocycles. The molecule has 0 amide bonds. The summed E-state index contributed by atoms with van der Waals surface area (Å²) < 4.78 is 7.17. The van der Waals surface area contributed by atoms with Gasteiger partial charge in [-0.1, -0.05) is 257 Å². The summed E-state index contributed by atoms with van der Waals surface area (Å²) in [4.78, 5) is 5.32. The van der Waals surface area contributed by atoms with Gasteiger partial charge in [-0.05, 0) is 169 Å². The van der Waals surface area contributed by atoms with Crippen molar-refractivity contribution in [2.45, 2.75) is 58.3 Å². The Bertz CT molecular complexity index is 4260. The summed E-state index contributed by atoms with van der Waals surface area (Å²) in [6, 6.07) is 66.6. The Kier molecular flexibility index (Phi) is 15.0. The topological polar surface area (TPSA) is 25.5 Å². The van der Waals surface area contributed by atoms with E-state index in [0.29, 0.717) is 5.70 Å². The van der Waals surface area contributed by atoms with Gasteiger partial charge in [0.05, 0.1) is 5.70 Å². The fraction of sp³-hybridized carbons (Fsp3) is 0.115. The summed E-state index contributed by atoms with van der Waals surface area (Å²) >= 11 is 0. The smallest absolute Gasteiger partial charge is 0.157 e. The van der Waals surface area contributed by atoms with Gasteiger partial charge < -0.3 is 4.42 Å². The lowest BCUT2D eigenvalue weighted by Crippen LogP contribution is -2.09. The van der Waals surface area contributed by atoms with Crippen LogP contribution in [0.4, 0.5) is 0 Å². The minimum Gasteiger partial charge on any atom is -0.454 e. The van der Waals surface area contributed by atoms with E-state index in [1.54, 1.807) is 0 Å². The zero-order valence-electron chi connectivity index (χ0n) is 45.8. The van der Waals surface area contributed by atoms with Crippen LogP contribution in [-0.2, 0) is 12.8 Å². The summed E-state index contributed by atoms with van der Waals surface area (Å²) in [6.45, 7) is 12.8. The SMILES string of the molecule is C=C/C=C(\C=C/CC)c1ccc(C(=NC(=C)c2ccccc2)c2oc3cc(-c4cc5c6ccccc6c6ccccc6c5cc4CC4CC/C=C\C(C5=CC=CCC=C5)=C/Cc5cc(-c6ccccc6)ccc54)ccc3c2C)cc1. The van der Waals surface area contributed by atoms with Crippen LogP contribution in [0.1, 0.15) is 83.2 Å². The standard InChI is InChI=1S/C78H65NO/c1-5-7-25-56(24-6-2)60-38-41-61(42-39-60)77(79-54(4)55-26-14-10-15-27-55)78-53(3)67-46-45-65(51-76(67)80-78)73-52-75-72-37-23-21-35-70(72)69-34-20-22-36-71(69)74(75)50-66(73)49-63-33-19-18-32-59(57-28-12-8-9-13-29-57)40-43-64-48-62(44-47-68(63)64)58-30-16-11-17-31-58/h6-8,10-18,20-32,34-42,44-48,50-52,63H,2,4-5,9,19,33,43,49H2,1,3H3/b25-7-,32-18-,56-24+,59-40+,79-77?. The van der Waals surface area contributed by atoms with Crippen LogP contribution >= 0.6 is 0 Å². The molecule has 0 bridgehead atoms. The van der Waals surface area contributed by atoms with Crippen LogP contribution in [0.2, 0.25) is 0 Å². The van der Waals surface area contributed by atoms with Crippen LogP contribution < -0.4 is 0 Å². The van der Waals surface area contributed by atoms with Crippen molar-refractivity contribution in [3.8, 4) is 22.3 Å². The summed E-state index contributed by atoms with van der Waals surface area (Å²) in [6.07, 6.45) is 32.2. The van der Waals surface area contributed by atoms with Crippen molar-refractivity contribution >= 4 is 60.3 Å². The van der Waals surface area contributed by atoms with Gasteiger partial charge in [0.2, 0.25) is 0 Å². The quantitative estimate of drug-likeness (QED) is 0.0642. The van der Waals surface area contributed by atoms with E-state index in [2.05, 4.69) is 258 Å². The monoisotopic (exact) mass is 1030 g/mol. The maximum atomic E-state index is 7.17. The van der Waals surface area contributed by atoms with Crippen molar-refractivity contribution in [2.75, 3.05) is 0 Å². The molecule has 2 heteroatoms. The van der Waals surface area contributed by atoms with Crippen molar-refractivity contribution in [1.29, 1.82) is 0 Å². The third-order valence-electron chi connectivity index (χ3n) is 16.1. The molecular formula is C78H65NO. The van der Waals surface area contributed by atoms with Crippen molar-refractivity contribution in [3.05, 3.63) is 324 Å². The Labute approximate surface area is 471 Å². The van der Waals surface area contributed by atoms with Gasteiger partial charge in [0, 0.05) is 16.5 Å². The van der Waals surface area contributed by atoms with Gasteiger partial charge in [0.25, 0.3) is 0 Å². The molecule has 2 aliphatic rings. The maximum absolute atomic E-state index is 7.17. The van der Waals surface area contributed by atoms with E-state index in [9.17, 15) is 0 Å². The molecular weight excluding hydrogens is 967 g/mol. The van der Waals surface area contributed by atoms with E-state index in [-0.39, 0.29) is 5.92 Å². The number of aryl methyl sites for hydroxylation is 1. The third-order valence-corrected chi connectivity index (χ3v) is 16.1. The van der Waals surface area contributed by atoms with E-state index in [4.69, 9.17) is 9.41 Å². The van der Waals surface area contributed by atoms with Crippen molar-refractivity contribution < 1.29 is 4.42 Å². The molecule has 0 N–H and O–H groups in total. The number of rotatable bonds is 13. The summed E-state index contributed by atoms with van der Waals surface area (Å²) in [5.74, 6) is 0.972. The maximum Gasteiger partial charge on any atom is 0.157 e. The van der Waals surface area contributed by atoms with Crippen LogP contribution in [0.15, 0.2) is 289 Å². The lowest BCUT2D eigenvalue weighted by atomic mass is 9.80. The van der Waals surface area contributed by atoms with Gasteiger partial charge >= 0.3 is 0 Å². The number of benzene rings is 9. The molecule has 1 unspecified atom stereocenters. The highest BCUT2D eigenvalue weighted by molar-refractivity contribution is 6.26. The van der Waals surface area contributed by atoms with Crippen molar-refractivity contribution in [1.82, 2.24) is 0 Å². The molecule has 10 aromatic rings. The molecule has 80 heavy (non-hydrogen) atoms. The van der Waals surface area contributed by atoms with Gasteiger partial charge in [-0.3, -0.25) is 0 Å². The molecule has 2 nitrogen and oxygen atoms in total. The average Bonchev–Trinajstić information content (AvgIpc) is 3.76. The molecule has 0 saturated carbocycles. The fourth-order valence-corrected chi connectivity index (χ4v) is 12.0. The van der Waals surface area contributed by atoms with E-state index >= 15 is 0 Å². The number of fused-ring (bicyclic) bond motifs is 8. The number of hydrogen-bond donors (Lipinski definition) is 0. The number of allylic oxidation sites excluding steroid dienone is 15. The van der Waals surface area contributed by atoms with Gasteiger partial charge in [-0.2, -0.15) is 0 Å². The molecule has 0 fully saturated rings. The first-order chi connectivity index (χ1) is 39.4. The van der Waals surface area contributed by atoms with Gasteiger partial charge in [0.1, 0.15) is 11.3 Å². The third kappa shape index (κ3) is 10.5. The largest absolute Gasteiger partial charge is 0.454 e. The fourth-order valence-electron chi connectivity index (χ4n) is 12.0. The first-order valence-electron chi connectivity index (χ1n) is 28.3. The second-order valence-electron chi connectivity index (χ2n) is 21.1. The first kappa shape index (κ1) is 51.4. The predicted octanol–water partition coefficient (Wildman–Crippen LogP) is 21.2. The molecule has 388 valence electrons. The number of furan rings is 1. The second-order valence-corrected chi connectivity index (χ2v) is 21.1. The van der Waals surface area contributed by atoms with Crippen molar-refractivity contribution in [3.63, 3.8) is 0 Å². The van der Waals surface area contributed by atoms with Crippen LogP contribution in [-0.4, -0.2) is 5.71 Å².